The Morgan fingerprint density at radius 2 is 2.00 bits per heavy atom. The highest BCUT2D eigenvalue weighted by molar-refractivity contribution is 6.13. The summed E-state index contributed by atoms with van der Waals surface area (Å²) in [6.07, 6.45) is 2.62. The molecule has 0 unspecified atom stereocenters. The van der Waals surface area contributed by atoms with Crippen LogP contribution < -0.4 is 4.74 Å². The van der Waals surface area contributed by atoms with Crippen LogP contribution in [-0.2, 0) is 35.7 Å². The van der Waals surface area contributed by atoms with E-state index in [0.717, 1.165) is 23.2 Å². The third kappa shape index (κ3) is 3.74. The summed E-state index contributed by atoms with van der Waals surface area (Å²) in [4.78, 5) is 34.9. The molecule has 2 aliphatic carbocycles. The van der Waals surface area contributed by atoms with Crippen molar-refractivity contribution in [2.75, 3.05) is 34.9 Å². The quantitative estimate of drug-likeness (QED) is 0.567. The number of likely N-dealkylation sites (tertiary alicyclic amines) is 1. The van der Waals surface area contributed by atoms with Gasteiger partial charge < -0.3 is 29.1 Å². The summed E-state index contributed by atoms with van der Waals surface area (Å²) in [5.74, 6) is -0.758. The number of hydrogen-bond acceptors (Lipinski definition) is 9. The topological polar surface area (TPSA) is 107 Å². The molecule has 1 fully saturated rings. The molecule has 0 saturated carbocycles. The average molecular weight is 547 g/mol. The van der Waals surface area contributed by atoms with Crippen LogP contribution in [0.1, 0.15) is 46.8 Å². The van der Waals surface area contributed by atoms with Crippen LogP contribution in [0.3, 0.4) is 0 Å². The number of allylic oxidation sites excluding steroid dienone is 1. The highest BCUT2D eigenvalue weighted by atomic mass is 16.6. The van der Waals surface area contributed by atoms with E-state index in [-0.39, 0.29) is 35.7 Å². The Kier molecular flexibility index (Phi) is 6.37. The smallest absolute Gasteiger partial charge is 0.319 e. The van der Waals surface area contributed by atoms with Crippen LogP contribution in [0.2, 0.25) is 0 Å². The normalized spacial score (nSPS) is 29.0. The molecular weight excluding hydrogens is 512 g/mol. The second-order valence-corrected chi connectivity index (χ2v) is 11.3. The summed E-state index contributed by atoms with van der Waals surface area (Å²) in [7, 11) is 6.46. The van der Waals surface area contributed by atoms with E-state index in [1.807, 2.05) is 37.3 Å². The third-order valence-corrected chi connectivity index (χ3v) is 9.31. The fourth-order valence-corrected chi connectivity index (χ4v) is 7.39. The van der Waals surface area contributed by atoms with E-state index in [0.29, 0.717) is 35.4 Å². The van der Waals surface area contributed by atoms with Gasteiger partial charge in [-0.2, -0.15) is 0 Å². The summed E-state index contributed by atoms with van der Waals surface area (Å²) in [5, 5.41) is 16.0. The number of methoxy groups -OCH3 is 3. The van der Waals surface area contributed by atoms with Gasteiger partial charge in [-0.15, -0.1) is 0 Å². The molecule has 40 heavy (non-hydrogen) atoms. The minimum atomic E-state index is -0.828. The number of benzene rings is 2. The van der Waals surface area contributed by atoms with Gasteiger partial charge in [0.15, 0.2) is 29.1 Å². The second kappa shape index (κ2) is 9.66. The molecule has 6 rings (SSSR count). The molecule has 9 nitrogen and oxygen atoms in total. The molecule has 0 aromatic heterocycles. The van der Waals surface area contributed by atoms with Crippen LogP contribution >= 0.6 is 0 Å². The van der Waals surface area contributed by atoms with E-state index in [2.05, 4.69) is 17.1 Å². The number of nitrogens with zero attached hydrogens (tertiary/aromatic N) is 2. The first-order chi connectivity index (χ1) is 19.2. The van der Waals surface area contributed by atoms with E-state index in [1.54, 1.807) is 6.07 Å². The molecule has 210 valence electrons. The van der Waals surface area contributed by atoms with Crippen molar-refractivity contribution in [1.82, 2.24) is 4.90 Å². The van der Waals surface area contributed by atoms with Crippen LogP contribution in [-0.4, -0.2) is 68.4 Å². The number of aromatic hydroxyl groups is 1. The summed E-state index contributed by atoms with van der Waals surface area (Å²) >= 11 is 0. The molecule has 0 spiro atoms. The zero-order valence-electron chi connectivity index (χ0n) is 23.4. The lowest BCUT2D eigenvalue weighted by atomic mass is 9.53. The maximum absolute atomic E-state index is 13.3. The maximum Gasteiger partial charge on any atom is 0.319 e. The number of fused-ring (bicyclic) bond motifs is 1. The summed E-state index contributed by atoms with van der Waals surface area (Å²) in [6.45, 7) is 2.76. The van der Waals surface area contributed by atoms with E-state index in [9.17, 15) is 14.7 Å². The predicted octanol–water partition coefficient (Wildman–Crippen LogP) is 3.59. The number of Topliss-reactive ketones (excluding diaryl/α,β-unsaturated/α-hetero) is 1. The number of ketones is 1. The molecule has 5 atom stereocenters. The molecule has 2 aromatic carbocycles. The zero-order chi connectivity index (χ0) is 28.3. The molecular formula is C31H34N2O7. The number of carbonyl (C=O) groups is 2. The lowest BCUT2D eigenvalue weighted by Crippen LogP contribution is -2.60. The first kappa shape index (κ1) is 26.4. The Morgan fingerprint density at radius 3 is 2.70 bits per heavy atom. The Morgan fingerprint density at radius 1 is 1.20 bits per heavy atom. The Labute approximate surface area is 233 Å². The van der Waals surface area contributed by atoms with Crippen LogP contribution in [0.15, 0.2) is 47.3 Å². The fourth-order valence-electron chi connectivity index (χ4n) is 7.39. The fraction of sp³-hybridized carbons (Fsp3) is 0.452. The Balaban J connectivity index is 1.55. The highest BCUT2D eigenvalue weighted by Gasteiger charge is 2.58. The lowest BCUT2D eigenvalue weighted by molar-refractivity contribution is -0.146. The van der Waals surface area contributed by atoms with Gasteiger partial charge in [-0.25, -0.2) is 0 Å². The van der Waals surface area contributed by atoms with Crippen LogP contribution in [0.4, 0.5) is 0 Å². The number of carbonyl (C=O) groups excluding carboxylic acids is 2. The molecule has 0 amide bonds. The first-order valence-corrected chi connectivity index (χ1v) is 13.5. The van der Waals surface area contributed by atoms with Crippen molar-refractivity contribution in [3.05, 3.63) is 70.0 Å². The molecule has 0 radical (unpaired) electrons. The van der Waals surface area contributed by atoms with E-state index in [1.165, 1.54) is 21.3 Å². The Hall–Kier alpha value is -3.85. The number of aryl methyl sites for hydroxylation is 1. The van der Waals surface area contributed by atoms with Gasteiger partial charge >= 0.3 is 5.97 Å². The van der Waals surface area contributed by atoms with Gasteiger partial charge in [0.2, 0.25) is 0 Å². The number of phenols is 1. The largest absolute Gasteiger partial charge is 0.504 e. The summed E-state index contributed by atoms with van der Waals surface area (Å²) < 4.78 is 16.4. The van der Waals surface area contributed by atoms with Crippen molar-refractivity contribution in [3.8, 4) is 11.5 Å². The first-order valence-electron chi connectivity index (χ1n) is 13.5. The van der Waals surface area contributed by atoms with Crippen molar-refractivity contribution in [3.63, 3.8) is 0 Å². The molecule has 2 aromatic rings. The number of phenolic OH excluding ortho intramolecular Hbond substituents is 1. The minimum absolute atomic E-state index is 0.0313. The number of piperidine rings is 1. The van der Waals surface area contributed by atoms with Crippen LogP contribution in [0, 0.1) is 18.8 Å². The van der Waals surface area contributed by atoms with Gasteiger partial charge in [0.05, 0.1) is 21.3 Å². The SMILES string of the molecule is COC(=O)[C@H]1C(c2cccc(C)c2)=NO[C@@H]1c1cc(OC)c(O)c2c1C[C@@H]1[C@@H]3C=C(OC)C(=O)C[C@]23CCN1C. The van der Waals surface area contributed by atoms with Crippen molar-refractivity contribution in [2.24, 2.45) is 17.0 Å². The Bertz CT molecular complexity index is 1460. The van der Waals surface area contributed by atoms with Gasteiger partial charge in [-0.3, -0.25) is 9.59 Å². The van der Waals surface area contributed by atoms with Gasteiger partial charge in [0, 0.05) is 40.5 Å². The third-order valence-electron chi connectivity index (χ3n) is 9.31. The molecule has 2 bridgehead atoms. The molecule has 2 heterocycles. The van der Waals surface area contributed by atoms with Crippen LogP contribution in [0.25, 0.3) is 0 Å². The number of hydrogen-bond donors (Lipinski definition) is 1. The second-order valence-electron chi connectivity index (χ2n) is 11.3. The molecule has 1 N–H and O–H groups in total. The minimum Gasteiger partial charge on any atom is -0.504 e. The number of rotatable bonds is 5. The monoisotopic (exact) mass is 546 g/mol. The standard InChI is InChI=1S/C31H34N2O7/c1-16-7-6-8-17(11-16)27-25(30(36)39-5)29(40-32-27)19-13-24(38-4)28(35)26-18(19)12-21-20-14-23(37-3)22(34)15-31(20,26)9-10-33(21)2/h6-8,11,13-14,20-21,25,29,35H,9-10,12,15H2,1-5H3/t20-,21+,25-,29+,31-/m0/s1. The number of oxime groups is 1. The lowest BCUT2D eigenvalue weighted by Gasteiger charge is -2.57. The highest BCUT2D eigenvalue weighted by Crippen LogP contribution is 2.59. The molecule has 9 heteroatoms. The van der Waals surface area contributed by atoms with Gasteiger partial charge in [-0.05, 0) is 51.1 Å². The van der Waals surface area contributed by atoms with Crippen LogP contribution in [0.5, 0.6) is 11.5 Å². The van der Waals surface area contributed by atoms with E-state index >= 15 is 0 Å². The summed E-state index contributed by atoms with van der Waals surface area (Å²) in [5.41, 5.74) is 3.94. The number of esters is 1. The number of likely N-dealkylation sites (N-methyl/N-ethyl adjacent to an activating group) is 1. The average Bonchev–Trinajstić information content (AvgIpc) is 3.39. The molecule has 4 aliphatic rings. The van der Waals surface area contributed by atoms with E-state index in [4.69, 9.17) is 19.0 Å². The predicted molar refractivity (Wildman–Crippen MR) is 146 cm³/mol. The van der Waals surface area contributed by atoms with Crippen molar-refractivity contribution < 1.29 is 33.7 Å². The molecule has 1 saturated heterocycles. The number of ether oxygens (including phenoxy) is 3. The van der Waals surface area contributed by atoms with Gasteiger partial charge in [0.25, 0.3) is 0 Å². The maximum atomic E-state index is 13.3. The van der Waals surface area contributed by atoms with Crippen molar-refractivity contribution in [1.29, 1.82) is 0 Å². The van der Waals surface area contributed by atoms with Crippen molar-refractivity contribution in [2.45, 2.75) is 43.7 Å². The molecule has 2 aliphatic heterocycles. The van der Waals surface area contributed by atoms with Crippen molar-refractivity contribution >= 4 is 17.5 Å². The van der Waals surface area contributed by atoms with Gasteiger partial charge in [0.1, 0.15) is 11.6 Å². The van der Waals surface area contributed by atoms with Gasteiger partial charge in [-0.1, -0.05) is 35.0 Å². The zero-order valence-corrected chi connectivity index (χ0v) is 23.4. The van der Waals surface area contributed by atoms with E-state index < -0.39 is 23.4 Å². The summed E-state index contributed by atoms with van der Waals surface area (Å²) in [6, 6.07) is 9.56.